The number of hydrogen-bond acceptors (Lipinski definition) is 4. The van der Waals surface area contributed by atoms with Crippen molar-refractivity contribution in [2.45, 2.75) is 32.2 Å². The zero-order valence-corrected chi connectivity index (χ0v) is 15.1. The van der Waals surface area contributed by atoms with E-state index in [4.69, 9.17) is 0 Å². The molecule has 1 aromatic heterocycles. The van der Waals surface area contributed by atoms with Crippen molar-refractivity contribution in [3.05, 3.63) is 46.7 Å². The molecular formula is C18H20FN3O2S. The van der Waals surface area contributed by atoms with Gasteiger partial charge in [0.2, 0.25) is 11.8 Å². The minimum Gasteiger partial charge on any atom is -0.339 e. The molecule has 0 N–H and O–H groups in total. The van der Waals surface area contributed by atoms with Gasteiger partial charge in [-0.15, -0.1) is 11.3 Å². The average molecular weight is 361 g/mol. The Kier molecular flexibility index (Phi) is 5.13. The smallest absolute Gasteiger partial charge is 0.228 e. The fourth-order valence-electron chi connectivity index (χ4n) is 2.81. The van der Waals surface area contributed by atoms with Crippen LogP contribution in [0.15, 0.2) is 29.6 Å². The molecule has 2 aromatic rings. The first-order chi connectivity index (χ1) is 12.0. The Hall–Kier alpha value is -2.28. The van der Waals surface area contributed by atoms with Crippen LogP contribution < -0.4 is 4.90 Å². The molecule has 1 aromatic carbocycles. The van der Waals surface area contributed by atoms with Crippen molar-refractivity contribution in [3.8, 4) is 0 Å². The number of carbonyl (C=O) groups excluding carboxylic acids is 2. The topological polar surface area (TPSA) is 53.5 Å². The van der Waals surface area contributed by atoms with Crippen LogP contribution in [0.25, 0.3) is 0 Å². The summed E-state index contributed by atoms with van der Waals surface area (Å²) in [5.74, 6) is -0.271. The number of hydrogen-bond donors (Lipinski definition) is 0. The number of likely N-dealkylation sites (N-methyl/N-ethyl adjacent to an activating group) is 1. The quantitative estimate of drug-likeness (QED) is 0.822. The molecule has 0 spiro atoms. The van der Waals surface area contributed by atoms with Crippen molar-refractivity contribution < 1.29 is 14.0 Å². The predicted octanol–water partition coefficient (Wildman–Crippen LogP) is 3.17. The summed E-state index contributed by atoms with van der Waals surface area (Å²) in [6.45, 7) is 2.60. The van der Waals surface area contributed by atoms with Gasteiger partial charge in [0.25, 0.3) is 0 Å². The summed E-state index contributed by atoms with van der Waals surface area (Å²) < 4.78 is 13.0. The zero-order valence-electron chi connectivity index (χ0n) is 14.2. The molecule has 7 heteroatoms. The Balaban J connectivity index is 1.64. The molecular weight excluding hydrogens is 341 g/mol. The average Bonchev–Trinajstić information content (AvgIpc) is 3.22. The van der Waals surface area contributed by atoms with Crippen LogP contribution in [0.3, 0.4) is 0 Å². The number of halogens is 1. The maximum atomic E-state index is 13.0. The lowest BCUT2D eigenvalue weighted by atomic mass is 10.1. The van der Waals surface area contributed by atoms with E-state index in [0.717, 1.165) is 12.0 Å². The van der Waals surface area contributed by atoms with Crippen LogP contribution in [0, 0.1) is 5.82 Å². The number of benzene rings is 1. The minimum absolute atomic E-state index is 0.0681. The van der Waals surface area contributed by atoms with Gasteiger partial charge in [0.05, 0.1) is 18.2 Å². The van der Waals surface area contributed by atoms with Crippen LogP contribution in [0.4, 0.5) is 9.52 Å². The molecule has 2 amide bonds. The lowest BCUT2D eigenvalue weighted by molar-refractivity contribution is -0.131. The second kappa shape index (κ2) is 7.31. The molecule has 1 aliphatic heterocycles. The van der Waals surface area contributed by atoms with Gasteiger partial charge in [-0.25, -0.2) is 9.37 Å². The molecule has 1 aliphatic rings. The third-order valence-corrected chi connectivity index (χ3v) is 5.42. The van der Waals surface area contributed by atoms with Crippen molar-refractivity contribution in [2.24, 2.45) is 0 Å². The first kappa shape index (κ1) is 17.5. The number of rotatable bonds is 5. The van der Waals surface area contributed by atoms with E-state index in [1.54, 1.807) is 29.0 Å². The van der Waals surface area contributed by atoms with Crippen LogP contribution in [-0.2, 0) is 16.0 Å². The molecule has 3 rings (SSSR count). The summed E-state index contributed by atoms with van der Waals surface area (Å²) in [7, 11) is 1.73. The highest BCUT2D eigenvalue weighted by Crippen LogP contribution is 2.26. The lowest BCUT2D eigenvalue weighted by Crippen LogP contribution is -2.31. The van der Waals surface area contributed by atoms with Gasteiger partial charge in [0.1, 0.15) is 5.82 Å². The van der Waals surface area contributed by atoms with Gasteiger partial charge >= 0.3 is 0 Å². The summed E-state index contributed by atoms with van der Waals surface area (Å²) >= 11 is 1.39. The molecule has 1 atom stereocenters. The Labute approximate surface area is 150 Å². The van der Waals surface area contributed by atoms with Crippen LogP contribution in [0.2, 0.25) is 0 Å². The molecule has 1 fully saturated rings. The zero-order chi connectivity index (χ0) is 18.0. The number of carbonyl (C=O) groups is 2. The summed E-state index contributed by atoms with van der Waals surface area (Å²) in [4.78, 5) is 32.1. The molecule has 5 nitrogen and oxygen atoms in total. The summed E-state index contributed by atoms with van der Waals surface area (Å²) in [5, 5.41) is 2.49. The van der Waals surface area contributed by atoms with Crippen molar-refractivity contribution in [2.75, 3.05) is 18.5 Å². The van der Waals surface area contributed by atoms with Gasteiger partial charge in [-0.2, -0.15) is 0 Å². The first-order valence-electron chi connectivity index (χ1n) is 8.21. The summed E-state index contributed by atoms with van der Waals surface area (Å²) in [6, 6.07) is 5.99. The van der Waals surface area contributed by atoms with E-state index in [1.165, 1.54) is 23.5 Å². The fourth-order valence-corrected chi connectivity index (χ4v) is 3.68. The summed E-state index contributed by atoms with van der Waals surface area (Å²) in [6.07, 6.45) is 1.59. The fraction of sp³-hybridized carbons (Fsp3) is 0.389. The SMILES string of the molecule is C[C@@H](c1ccc(F)cc1)N(C)C(=O)Cc1csc(N2CCCC2=O)n1. The Morgan fingerprint density at radius 3 is 2.76 bits per heavy atom. The van der Waals surface area contributed by atoms with Crippen LogP contribution in [-0.4, -0.2) is 35.3 Å². The van der Waals surface area contributed by atoms with Gasteiger partial charge in [0.15, 0.2) is 5.13 Å². The molecule has 0 radical (unpaired) electrons. The molecule has 132 valence electrons. The van der Waals surface area contributed by atoms with Gasteiger partial charge < -0.3 is 4.90 Å². The molecule has 25 heavy (non-hydrogen) atoms. The second-order valence-corrected chi connectivity index (χ2v) is 7.02. The third-order valence-electron chi connectivity index (χ3n) is 4.50. The monoisotopic (exact) mass is 361 g/mol. The normalized spacial score (nSPS) is 15.5. The van der Waals surface area contributed by atoms with E-state index in [0.29, 0.717) is 23.8 Å². The lowest BCUT2D eigenvalue weighted by Gasteiger charge is -2.25. The number of aromatic nitrogens is 1. The number of nitrogens with zero attached hydrogens (tertiary/aromatic N) is 3. The van der Waals surface area contributed by atoms with Gasteiger partial charge in [0, 0.05) is 25.4 Å². The second-order valence-electron chi connectivity index (χ2n) is 6.18. The van der Waals surface area contributed by atoms with E-state index < -0.39 is 0 Å². The molecule has 2 heterocycles. The van der Waals surface area contributed by atoms with E-state index in [9.17, 15) is 14.0 Å². The highest BCUT2D eigenvalue weighted by atomic mass is 32.1. The van der Waals surface area contributed by atoms with Crippen LogP contribution in [0.1, 0.15) is 37.1 Å². The van der Waals surface area contributed by atoms with Crippen LogP contribution >= 0.6 is 11.3 Å². The Morgan fingerprint density at radius 1 is 1.40 bits per heavy atom. The van der Waals surface area contributed by atoms with Crippen molar-refractivity contribution in [3.63, 3.8) is 0 Å². The van der Waals surface area contributed by atoms with E-state index in [-0.39, 0.29) is 30.1 Å². The molecule has 0 unspecified atom stereocenters. The maximum Gasteiger partial charge on any atom is 0.228 e. The molecule has 0 bridgehead atoms. The molecule has 1 saturated heterocycles. The Bertz CT molecular complexity index is 775. The van der Waals surface area contributed by atoms with E-state index in [2.05, 4.69) is 4.98 Å². The van der Waals surface area contributed by atoms with Crippen LogP contribution in [0.5, 0.6) is 0 Å². The standard InChI is InChI=1S/C18H20FN3O2S/c1-12(13-5-7-14(19)8-6-13)21(2)17(24)10-15-11-25-18(20-15)22-9-3-4-16(22)23/h5-8,11-12H,3-4,9-10H2,1-2H3/t12-/m0/s1. The minimum atomic E-state index is -0.295. The first-order valence-corrected chi connectivity index (χ1v) is 9.09. The van der Waals surface area contributed by atoms with E-state index in [1.807, 2.05) is 12.3 Å². The van der Waals surface area contributed by atoms with E-state index >= 15 is 0 Å². The largest absolute Gasteiger partial charge is 0.339 e. The highest BCUT2D eigenvalue weighted by molar-refractivity contribution is 7.14. The highest BCUT2D eigenvalue weighted by Gasteiger charge is 2.25. The number of anilines is 1. The van der Waals surface area contributed by atoms with Gasteiger partial charge in [-0.1, -0.05) is 12.1 Å². The summed E-state index contributed by atoms with van der Waals surface area (Å²) in [5.41, 5.74) is 1.54. The Morgan fingerprint density at radius 2 is 2.12 bits per heavy atom. The molecule has 0 aliphatic carbocycles. The molecule has 0 saturated carbocycles. The van der Waals surface area contributed by atoms with Crippen molar-refractivity contribution in [1.29, 1.82) is 0 Å². The predicted molar refractivity (Wildman–Crippen MR) is 95.0 cm³/mol. The number of thiazole rings is 1. The van der Waals surface area contributed by atoms with Crippen molar-refractivity contribution >= 4 is 28.3 Å². The maximum absolute atomic E-state index is 13.0. The third kappa shape index (κ3) is 3.87. The van der Waals surface area contributed by atoms with Gasteiger partial charge in [-0.05, 0) is 31.0 Å². The van der Waals surface area contributed by atoms with Crippen molar-refractivity contribution in [1.82, 2.24) is 9.88 Å². The van der Waals surface area contributed by atoms with Gasteiger partial charge in [-0.3, -0.25) is 14.5 Å². The number of amides is 2.